The second-order valence-electron chi connectivity index (χ2n) is 6.28. The van der Waals surface area contributed by atoms with Crippen LogP contribution in [0.1, 0.15) is 16.8 Å². The van der Waals surface area contributed by atoms with Crippen molar-refractivity contribution in [3.05, 3.63) is 60.2 Å². The van der Waals surface area contributed by atoms with Gasteiger partial charge in [-0.3, -0.25) is 0 Å². The minimum absolute atomic E-state index is 0.235. The Morgan fingerprint density at radius 3 is 2.17 bits per heavy atom. The lowest BCUT2D eigenvalue weighted by molar-refractivity contribution is 0.0485. The molecule has 1 fully saturated rings. The minimum atomic E-state index is -0.235. The first kappa shape index (κ1) is 14.2. The molecule has 3 nitrogen and oxygen atoms in total. The van der Waals surface area contributed by atoms with Crippen LogP contribution in [0.4, 0.5) is 0 Å². The summed E-state index contributed by atoms with van der Waals surface area (Å²) < 4.78 is 5.61. The Kier molecular flexibility index (Phi) is 3.50. The van der Waals surface area contributed by atoms with Gasteiger partial charge in [0.1, 0.15) is 0 Å². The van der Waals surface area contributed by atoms with E-state index in [1.165, 1.54) is 0 Å². The summed E-state index contributed by atoms with van der Waals surface area (Å²) in [5.41, 5.74) is 6.32. The van der Waals surface area contributed by atoms with Crippen molar-refractivity contribution in [2.24, 2.45) is 17.6 Å². The maximum Gasteiger partial charge on any atom is 0.339 e. The molecule has 116 valence electrons. The van der Waals surface area contributed by atoms with E-state index in [4.69, 9.17) is 10.5 Å². The first-order chi connectivity index (χ1) is 11.3. The Balaban J connectivity index is 1.75. The highest BCUT2D eigenvalue weighted by Crippen LogP contribution is 2.38. The molecule has 0 aromatic heterocycles. The van der Waals surface area contributed by atoms with Crippen molar-refractivity contribution in [1.82, 2.24) is 0 Å². The maximum atomic E-state index is 12.7. The molecular weight excluding hydrogens is 286 g/mol. The second kappa shape index (κ2) is 5.67. The van der Waals surface area contributed by atoms with Gasteiger partial charge in [-0.05, 0) is 52.4 Å². The Labute approximate surface area is 135 Å². The average Bonchev–Trinajstić information content (AvgIpc) is 3.36. The molecule has 0 heterocycles. The van der Waals surface area contributed by atoms with Crippen molar-refractivity contribution in [2.75, 3.05) is 13.2 Å². The first-order valence-electron chi connectivity index (χ1n) is 8.05. The zero-order valence-corrected chi connectivity index (χ0v) is 12.9. The lowest BCUT2D eigenvalue weighted by Crippen LogP contribution is -2.11. The molecule has 0 bridgehead atoms. The molecule has 0 amide bonds. The molecule has 3 aromatic carbocycles. The maximum absolute atomic E-state index is 12.7. The third-order valence-corrected chi connectivity index (χ3v) is 4.78. The molecule has 3 aromatic rings. The van der Waals surface area contributed by atoms with Crippen LogP contribution in [0.25, 0.3) is 21.5 Å². The summed E-state index contributed by atoms with van der Waals surface area (Å²) in [6.07, 6.45) is 1.07. The van der Waals surface area contributed by atoms with Crippen molar-refractivity contribution in [2.45, 2.75) is 6.42 Å². The van der Waals surface area contributed by atoms with Gasteiger partial charge in [-0.2, -0.15) is 0 Å². The number of fused-ring (bicyclic) bond motifs is 2. The number of hydrogen-bond acceptors (Lipinski definition) is 3. The molecular formula is C20H19NO2. The Morgan fingerprint density at radius 2 is 1.61 bits per heavy atom. The third-order valence-electron chi connectivity index (χ3n) is 4.78. The van der Waals surface area contributed by atoms with E-state index in [0.717, 1.165) is 28.0 Å². The third kappa shape index (κ3) is 2.57. The molecule has 0 unspecified atom stereocenters. The minimum Gasteiger partial charge on any atom is -0.462 e. The van der Waals surface area contributed by atoms with E-state index in [1.807, 2.05) is 48.5 Å². The lowest BCUT2D eigenvalue weighted by Gasteiger charge is -2.11. The van der Waals surface area contributed by atoms with Gasteiger partial charge in [0.25, 0.3) is 0 Å². The zero-order valence-electron chi connectivity index (χ0n) is 12.9. The molecule has 4 rings (SSSR count). The van der Waals surface area contributed by atoms with Crippen LogP contribution in [-0.2, 0) is 4.74 Å². The predicted molar refractivity (Wildman–Crippen MR) is 92.4 cm³/mol. The quantitative estimate of drug-likeness (QED) is 0.590. The van der Waals surface area contributed by atoms with Crippen molar-refractivity contribution in [1.29, 1.82) is 0 Å². The normalized spacial score (nSPS) is 19.9. The predicted octanol–water partition coefficient (Wildman–Crippen LogP) is 3.74. The smallest absolute Gasteiger partial charge is 0.339 e. The van der Waals surface area contributed by atoms with Gasteiger partial charge >= 0.3 is 5.97 Å². The highest BCUT2D eigenvalue weighted by molar-refractivity contribution is 6.16. The zero-order chi connectivity index (χ0) is 15.8. The number of carbonyl (C=O) groups excluding carboxylic acids is 1. The highest BCUT2D eigenvalue weighted by atomic mass is 16.5. The van der Waals surface area contributed by atoms with Gasteiger partial charge in [0.05, 0.1) is 12.2 Å². The molecule has 1 saturated carbocycles. The average molecular weight is 305 g/mol. The van der Waals surface area contributed by atoms with Gasteiger partial charge in [-0.15, -0.1) is 0 Å². The van der Waals surface area contributed by atoms with Crippen LogP contribution >= 0.6 is 0 Å². The molecule has 3 heteroatoms. The Hall–Kier alpha value is -2.39. The molecule has 0 radical (unpaired) electrons. The summed E-state index contributed by atoms with van der Waals surface area (Å²) >= 11 is 0. The fraction of sp³-hybridized carbons (Fsp3) is 0.250. The van der Waals surface area contributed by atoms with Crippen LogP contribution in [0.15, 0.2) is 54.6 Å². The Bertz CT molecular complexity index is 833. The van der Waals surface area contributed by atoms with E-state index in [1.54, 1.807) is 0 Å². The fourth-order valence-corrected chi connectivity index (χ4v) is 3.29. The summed E-state index contributed by atoms with van der Waals surface area (Å²) in [6, 6.07) is 18.0. The van der Waals surface area contributed by atoms with Crippen molar-refractivity contribution < 1.29 is 9.53 Å². The van der Waals surface area contributed by atoms with Crippen LogP contribution in [0.2, 0.25) is 0 Å². The van der Waals surface area contributed by atoms with E-state index >= 15 is 0 Å². The van der Waals surface area contributed by atoms with E-state index < -0.39 is 0 Å². The van der Waals surface area contributed by atoms with Gasteiger partial charge < -0.3 is 10.5 Å². The number of ether oxygens (including phenoxy) is 1. The van der Waals surface area contributed by atoms with Crippen molar-refractivity contribution in [3.8, 4) is 0 Å². The molecule has 0 aliphatic heterocycles. The SMILES string of the molecule is NC[C@@H]1C[C@H]1COC(=O)c1c2ccccc2cc2ccccc12. The summed E-state index contributed by atoms with van der Waals surface area (Å²) in [5, 5.41) is 4.01. The van der Waals surface area contributed by atoms with Gasteiger partial charge in [0, 0.05) is 0 Å². The molecule has 0 saturated heterocycles. The fourth-order valence-electron chi connectivity index (χ4n) is 3.29. The van der Waals surface area contributed by atoms with Crippen LogP contribution in [0.3, 0.4) is 0 Å². The highest BCUT2D eigenvalue weighted by Gasteiger charge is 2.36. The molecule has 0 spiro atoms. The molecule has 2 atom stereocenters. The topological polar surface area (TPSA) is 52.3 Å². The number of carbonyl (C=O) groups is 1. The second-order valence-corrected chi connectivity index (χ2v) is 6.28. The van der Waals surface area contributed by atoms with Crippen LogP contribution < -0.4 is 5.73 Å². The number of rotatable bonds is 4. The van der Waals surface area contributed by atoms with Gasteiger partial charge in [-0.25, -0.2) is 4.79 Å². The van der Waals surface area contributed by atoms with Gasteiger partial charge in [0.2, 0.25) is 0 Å². The molecule has 2 N–H and O–H groups in total. The number of benzene rings is 3. The number of nitrogens with two attached hydrogens (primary N) is 1. The monoisotopic (exact) mass is 305 g/mol. The first-order valence-corrected chi connectivity index (χ1v) is 8.05. The van der Waals surface area contributed by atoms with E-state index in [9.17, 15) is 4.79 Å². The standard InChI is InChI=1S/C20H19NO2/c21-11-15-10-16(15)12-23-20(22)19-17-7-3-1-5-13(17)9-14-6-2-4-8-18(14)19/h1-9,15-16H,10-12,21H2/t15-,16-/m0/s1. The largest absolute Gasteiger partial charge is 0.462 e. The summed E-state index contributed by atoms with van der Waals surface area (Å²) in [4.78, 5) is 12.7. The van der Waals surface area contributed by atoms with E-state index in [0.29, 0.717) is 30.6 Å². The summed E-state index contributed by atoms with van der Waals surface area (Å²) in [6.45, 7) is 1.15. The molecule has 1 aliphatic rings. The van der Waals surface area contributed by atoms with Crippen LogP contribution in [0.5, 0.6) is 0 Å². The van der Waals surface area contributed by atoms with E-state index in [-0.39, 0.29) is 5.97 Å². The van der Waals surface area contributed by atoms with Gasteiger partial charge in [0.15, 0.2) is 0 Å². The molecule has 1 aliphatic carbocycles. The number of hydrogen-bond donors (Lipinski definition) is 1. The van der Waals surface area contributed by atoms with Gasteiger partial charge in [-0.1, -0.05) is 48.5 Å². The van der Waals surface area contributed by atoms with E-state index in [2.05, 4.69) is 6.07 Å². The summed E-state index contributed by atoms with van der Waals surface area (Å²) in [7, 11) is 0. The van der Waals surface area contributed by atoms with Crippen molar-refractivity contribution >= 4 is 27.5 Å². The Morgan fingerprint density at radius 1 is 1.00 bits per heavy atom. The number of esters is 1. The van der Waals surface area contributed by atoms with Crippen LogP contribution in [0, 0.1) is 11.8 Å². The molecule has 23 heavy (non-hydrogen) atoms. The van der Waals surface area contributed by atoms with Crippen LogP contribution in [-0.4, -0.2) is 19.1 Å². The lowest BCUT2D eigenvalue weighted by atomic mass is 9.97. The summed E-state index contributed by atoms with van der Waals surface area (Å²) in [5.74, 6) is 0.720. The van der Waals surface area contributed by atoms with Crippen molar-refractivity contribution in [3.63, 3.8) is 0 Å².